The van der Waals surface area contributed by atoms with E-state index in [1.54, 1.807) is 23.9 Å². The summed E-state index contributed by atoms with van der Waals surface area (Å²) in [6.45, 7) is 0. The highest BCUT2D eigenvalue weighted by atomic mass is 35.5. The number of halogens is 2. The lowest BCUT2D eigenvalue weighted by Crippen LogP contribution is -2.14. The zero-order chi connectivity index (χ0) is 16.2. The van der Waals surface area contributed by atoms with E-state index in [4.69, 9.17) is 23.2 Å². The van der Waals surface area contributed by atoms with Gasteiger partial charge in [0.25, 0.3) is 5.56 Å². The number of hydrogen-bond acceptors (Lipinski definition) is 3. The first-order chi connectivity index (χ1) is 11.1. The van der Waals surface area contributed by atoms with Crippen LogP contribution in [0.15, 0.2) is 34.2 Å². The van der Waals surface area contributed by atoms with Crippen molar-refractivity contribution in [2.24, 2.45) is 0 Å². The van der Waals surface area contributed by atoms with Crippen LogP contribution in [0.4, 0.5) is 0 Å². The minimum absolute atomic E-state index is 0.128. The van der Waals surface area contributed by atoms with Crippen molar-refractivity contribution < 1.29 is 0 Å². The van der Waals surface area contributed by atoms with Gasteiger partial charge in [0, 0.05) is 27.8 Å². The van der Waals surface area contributed by atoms with Gasteiger partial charge in [-0.05, 0) is 30.5 Å². The average Bonchev–Trinajstić information content (AvgIpc) is 2.51. The topological polar surface area (TPSA) is 45.8 Å². The molecular formula is C17H18Cl2N2OS. The molecule has 23 heavy (non-hydrogen) atoms. The standard InChI is InChI=1S/C17H18Cl2N2OS/c18-14-7-4-8-15(19)13(14)9-11-10-16(22)21-17(20-11)23-12-5-2-1-3-6-12/h4,7-8,10,12H,1-3,5-6,9H2,(H,20,21,22). The number of hydrogen-bond donors (Lipinski definition) is 1. The lowest BCUT2D eigenvalue weighted by atomic mass is 10.0. The predicted octanol–water partition coefficient (Wildman–Crippen LogP) is 5.09. The van der Waals surface area contributed by atoms with Crippen molar-refractivity contribution in [1.29, 1.82) is 0 Å². The molecule has 1 aliphatic rings. The maximum atomic E-state index is 11.9. The second-order valence-corrected chi connectivity index (χ2v) is 7.90. The number of aromatic nitrogens is 2. The van der Waals surface area contributed by atoms with Crippen molar-refractivity contribution in [3.05, 3.63) is 55.9 Å². The smallest absolute Gasteiger partial charge is 0.251 e. The molecule has 2 aromatic rings. The normalized spacial score (nSPS) is 15.7. The molecule has 0 unspecified atom stereocenters. The fraction of sp³-hybridized carbons (Fsp3) is 0.412. The van der Waals surface area contributed by atoms with Gasteiger partial charge in [0.15, 0.2) is 5.16 Å². The first kappa shape index (κ1) is 16.9. The van der Waals surface area contributed by atoms with E-state index in [1.807, 2.05) is 6.07 Å². The van der Waals surface area contributed by atoms with E-state index in [-0.39, 0.29) is 5.56 Å². The lowest BCUT2D eigenvalue weighted by Gasteiger charge is -2.20. The van der Waals surface area contributed by atoms with Crippen LogP contribution in [-0.2, 0) is 6.42 Å². The molecule has 1 aromatic carbocycles. The average molecular weight is 369 g/mol. The van der Waals surface area contributed by atoms with Crippen LogP contribution in [0.1, 0.15) is 43.4 Å². The molecule has 3 rings (SSSR count). The van der Waals surface area contributed by atoms with Gasteiger partial charge in [0.1, 0.15) is 0 Å². The number of benzene rings is 1. The molecule has 3 nitrogen and oxygen atoms in total. The summed E-state index contributed by atoms with van der Waals surface area (Å²) in [5.74, 6) is 0. The van der Waals surface area contributed by atoms with Crippen molar-refractivity contribution in [3.8, 4) is 0 Å². The number of H-pyrrole nitrogens is 1. The van der Waals surface area contributed by atoms with Gasteiger partial charge < -0.3 is 4.98 Å². The van der Waals surface area contributed by atoms with Crippen LogP contribution in [0.25, 0.3) is 0 Å². The van der Waals surface area contributed by atoms with E-state index < -0.39 is 0 Å². The van der Waals surface area contributed by atoms with E-state index in [9.17, 15) is 4.79 Å². The summed E-state index contributed by atoms with van der Waals surface area (Å²) in [6, 6.07) is 6.93. The van der Waals surface area contributed by atoms with Gasteiger partial charge in [-0.3, -0.25) is 4.79 Å². The van der Waals surface area contributed by atoms with Gasteiger partial charge in [-0.15, -0.1) is 0 Å². The van der Waals surface area contributed by atoms with Crippen molar-refractivity contribution in [2.45, 2.75) is 48.9 Å². The molecule has 0 atom stereocenters. The molecule has 0 radical (unpaired) electrons. The van der Waals surface area contributed by atoms with Gasteiger partial charge in [-0.1, -0.05) is 60.3 Å². The largest absolute Gasteiger partial charge is 0.301 e. The minimum atomic E-state index is -0.128. The van der Waals surface area contributed by atoms with E-state index in [0.29, 0.717) is 32.6 Å². The Labute approximate surface area is 149 Å². The molecule has 1 N–H and O–H groups in total. The summed E-state index contributed by atoms with van der Waals surface area (Å²) in [5.41, 5.74) is 1.38. The molecule has 122 valence electrons. The van der Waals surface area contributed by atoms with Crippen molar-refractivity contribution >= 4 is 35.0 Å². The molecule has 1 aromatic heterocycles. The van der Waals surface area contributed by atoms with Crippen LogP contribution < -0.4 is 5.56 Å². The van der Waals surface area contributed by atoms with Crippen LogP contribution >= 0.6 is 35.0 Å². The van der Waals surface area contributed by atoms with Gasteiger partial charge >= 0.3 is 0 Å². The van der Waals surface area contributed by atoms with Crippen LogP contribution in [0.2, 0.25) is 10.0 Å². The van der Waals surface area contributed by atoms with E-state index in [2.05, 4.69) is 9.97 Å². The predicted molar refractivity (Wildman–Crippen MR) is 96.9 cm³/mol. The fourth-order valence-corrected chi connectivity index (χ4v) is 4.60. The lowest BCUT2D eigenvalue weighted by molar-refractivity contribution is 0.515. The SMILES string of the molecule is O=c1cc(Cc2c(Cl)cccc2Cl)nc(SC2CCCCC2)[nH]1. The monoisotopic (exact) mass is 368 g/mol. The minimum Gasteiger partial charge on any atom is -0.301 e. The molecular weight excluding hydrogens is 351 g/mol. The molecule has 0 bridgehead atoms. The summed E-state index contributed by atoms with van der Waals surface area (Å²) in [4.78, 5) is 19.4. The molecule has 0 saturated heterocycles. The van der Waals surface area contributed by atoms with E-state index in [1.165, 1.54) is 38.2 Å². The zero-order valence-corrected chi connectivity index (χ0v) is 15.0. The zero-order valence-electron chi connectivity index (χ0n) is 12.6. The number of rotatable bonds is 4. The van der Waals surface area contributed by atoms with Crippen LogP contribution in [0, 0.1) is 0 Å². The van der Waals surface area contributed by atoms with E-state index >= 15 is 0 Å². The summed E-state index contributed by atoms with van der Waals surface area (Å²) >= 11 is 14.1. The number of nitrogens with one attached hydrogen (secondary N) is 1. The molecule has 1 saturated carbocycles. The van der Waals surface area contributed by atoms with Crippen molar-refractivity contribution in [2.75, 3.05) is 0 Å². The maximum Gasteiger partial charge on any atom is 0.251 e. The molecule has 0 aliphatic heterocycles. The molecule has 0 spiro atoms. The maximum absolute atomic E-state index is 11.9. The highest BCUT2D eigenvalue weighted by Crippen LogP contribution is 2.32. The number of aromatic amines is 1. The van der Waals surface area contributed by atoms with Crippen LogP contribution in [-0.4, -0.2) is 15.2 Å². The van der Waals surface area contributed by atoms with Gasteiger partial charge in [0.2, 0.25) is 0 Å². The Kier molecular flexibility index (Phi) is 5.67. The van der Waals surface area contributed by atoms with Crippen molar-refractivity contribution in [1.82, 2.24) is 9.97 Å². The molecule has 1 aliphatic carbocycles. The second-order valence-electron chi connectivity index (χ2n) is 5.80. The number of thioether (sulfide) groups is 1. The number of nitrogens with zero attached hydrogens (tertiary/aromatic N) is 1. The Balaban J connectivity index is 1.81. The van der Waals surface area contributed by atoms with Gasteiger partial charge in [0.05, 0.1) is 5.69 Å². The summed E-state index contributed by atoms with van der Waals surface area (Å²) in [5, 5.41) is 2.44. The van der Waals surface area contributed by atoms with Crippen molar-refractivity contribution in [3.63, 3.8) is 0 Å². The Morgan fingerprint density at radius 1 is 1.17 bits per heavy atom. The Morgan fingerprint density at radius 2 is 1.87 bits per heavy atom. The first-order valence-corrected chi connectivity index (χ1v) is 9.45. The van der Waals surface area contributed by atoms with Crippen LogP contribution in [0.3, 0.4) is 0 Å². The fourth-order valence-electron chi connectivity index (χ4n) is 2.85. The third-order valence-corrected chi connectivity index (χ3v) is 5.95. The molecule has 1 fully saturated rings. The molecule has 6 heteroatoms. The van der Waals surface area contributed by atoms with Gasteiger partial charge in [-0.25, -0.2) is 4.98 Å². The Morgan fingerprint density at radius 3 is 2.57 bits per heavy atom. The highest BCUT2D eigenvalue weighted by molar-refractivity contribution is 7.99. The summed E-state index contributed by atoms with van der Waals surface area (Å²) in [6.07, 6.45) is 6.67. The third kappa shape index (κ3) is 4.52. The summed E-state index contributed by atoms with van der Waals surface area (Å²) < 4.78 is 0. The Hall–Kier alpha value is -0.970. The van der Waals surface area contributed by atoms with E-state index in [0.717, 1.165) is 5.56 Å². The molecule has 1 heterocycles. The van der Waals surface area contributed by atoms with Crippen LogP contribution in [0.5, 0.6) is 0 Å². The second kappa shape index (κ2) is 7.73. The third-order valence-electron chi connectivity index (χ3n) is 4.02. The molecule has 0 amide bonds. The quantitative estimate of drug-likeness (QED) is 0.764. The Bertz CT molecular complexity index is 721. The highest BCUT2D eigenvalue weighted by Gasteiger charge is 2.16. The summed E-state index contributed by atoms with van der Waals surface area (Å²) in [7, 11) is 0. The van der Waals surface area contributed by atoms with Gasteiger partial charge in [-0.2, -0.15) is 0 Å². The first-order valence-electron chi connectivity index (χ1n) is 7.81.